The maximum absolute atomic E-state index is 12.9. The third-order valence-electron chi connectivity index (χ3n) is 1.99. The zero-order chi connectivity index (χ0) is 11.7. The molecular weight excluding hydrogens is 282 g/mol. The minimum atomic E-state index is -0.789. The molecule has 0 N–H and O–H groups in total. The van der Waals surface area contributed by atoms with E-state index in [2.05, 4.69) is 15.9 Å². The van der Waals surface area contributed by atoms with Crippen molar-refractivity contribution in [3.8, 4) is 0 Å². The molecular formula is C11H5BrF2O2. The first-order valence-corrected chi connectivity index (χ1v) is 5.11. The lowest BCUT2D eigenvalue weighted by Crippen LogP contribution is -2.01. The van der Waals surface area contributed by atoms with Crippen molar-refractivity contribution in [2.75, 3.05) is 0 Å². The van der Waals surface area contributed by atoms with E-state index in [1.165, 1.54) is 12.3 Å². The van der Waals surface area contributed by atoms with E-state index in [9.17, 15) is 13.6 Å². The van der Waals surface area contributed by atoms with Gasteiger partial charge in [0.1, 0.15) is 11.6 Å². The molecule has 1 heterocycles. The van der Waals surface area contributed by atoms with E-state index in [4.69, 9.17) is 4.42 Å². The summed E-state index contributed by atoms with van der Waals surface area (Å²) in [5, 5.41) is 0. The molecule has 82 valence electrons. The van der Waals surface area contributed by atoms with Crippen molar-refractivity contribution < 1.29 is 18.0 Å². The highest BCUT2D eigenvalue weighted by Crippen LogP contribution is 2.21. The Morgan fingerprint density at radius 2 is 1.81 bits per heavy atom. The molecule has 1 aromatic carbocycles. The van der Waals surface area contributed by atoms with Gasteiger partial charge in [-0.05, 0) is 34.1 Å². The number of carbonyl (C=O) groups excluding carboxylic acids is 1. The largest absolute Gasteiger partial charge is 0.457 e. The summed E-state index contributed by atoms with van der Waals surface area (Å²) in [5.41, 5.74) is 0.171. The average Bonchev–Trinajstić information content (AvgIpc) is 2.62. The van der Waals surface area contributed by atoms with E-state index in [-0.39, 0.29) is 15.8 Å². The molecule has 0 aliphatic heterocycles. The molecule has 5 heteroatoms. The first-order valence-electron chi connectivity index (χ1n) is 4.31. The van der Waals surface area contributed by atoms with Crippen molar-refractivity contribution in [1.82, 2.24) is 0 Å². The van der Waals surface area contributed by atoms with Crippen LogP contribution in [0, 0.1) is 11.6 Å². The summed E-state index contributed by atoms with van der Waals surface area (Å²) >= 11 is 3.03. The second kappa shape index (κ2) is 4.17. The van der Waals surface area contributed by atoms with Crippen molar-refractivity contribution in [2.24, 2.45) is 0 Å². The van der Waals surface area contributed by atoms with Crippen LogP contribution < -0.4 is 0 Å². The molecule has 0 amide bonds. The Balaban J connectivity index is 2.45. The highest BCUT2D eigenvalue weighted by Gasteiger charge is 2.16. The van der Waals surface area contributed by atoms with E-state index in [0.29, 0.717) is 6.07 Å². The highest BCUT2D eigenvalue weighted by molar-refractivity contribution is 9.10. The van der Waals surface area contributed by atoms with Gasteiger partial charge in [-0.25, -0.2) is 8.78 Å². The second-order valence-electron chi connectivity index (χ2n) is 3.10. The predicted molar refractivity (Wildman–Crippen MR) is 56.2 cm³/mol. The first kappa shape index (κ1) is 11.0. The molecule has 0 saturated heterocycles. The fraction of sp³-hybridized carbons (Fsp3) is 0. The quantitative estimate of drug-likeness (QED) is 0.791. The Hall–Kier alpha value is -1.49. The van der Waals surface area contributed by atoms with Crippen LogP contribution in [0.2, 0.25) is 0 Å². The van der Waals surface area contributed by atoms with E-state index in [1.807, 2.05) is 0 Å². The summed E-state index contributed by atoms with van der Waals surface area (Å²) < 4.78 is 30.9. The van der Waals surface area contributed by atoms with Crippen LogP contribution >= 0.6 is 15.9 Å². The van der Waals surface area contributed by atoms with Crippen LogP contribution in [0.5, 0.6) is 0 Å². The number of furan rings is 1. The van der Waals surface area contributed by atoms with Crippen LogP contribution in [0.15, 0.2) is 39.6 Å². The summed E-state index contributed by atoms with van der Waals surface area (Å²) in [6, 6.07) is 4.09. The minimum absolute atomic E-state index is 0.0559. The molecule has 0 bridgehead atoms. The zero-order valence-electron chi connectivity index (χ0n) is 7.84. The number of benzene rings is 1. The number of ketones is 1. The molecule has 2 aromatic rings. The number of rotatable bonds is 2. The molecule has 0 fully saturated rings. The highest BCUT2D eigenvalue weighted by atomic mass is 79.9. The Labute approximate surface area is 98.0 Å². The van der Waals surface area contributed by atoms with Crippen molar-refractivity contribution in [1.29, 1.82) is 0 Å². The third kappa shape index (κ3) is 2.04. The van der Waals surface area contributed by atoms with Gasteiger partial charge >= 0.3 is 0 Å². The maximum atomic E-state index is 12.9. The van der Waals surface area contributed by atoms with Crippen molar-refractivity contribution in [3.05, 3.63) is 58.0 Å². The summed E-state index contributed by atoms with van der Waals surface area (Å²) in [7, 11) is 0. The van der Waals surface area contributed by atoms with Crippen molar-refractivity contribution in [3.63, 3.8) is 0 Å². The smallest absolute Gasteiger partial charge is 0.197 e. The lowest BCUT2D eigenvalue weighted by molar-refractivity contribution is 0.103. The Morgan fingerprint density at radius 1 is 1.19 bits per heavy atom. The van der Waals surface area contributed by atoms with Gasteiger partial charge in [-0.3, -0.25) is 4.79 Å². The van der Waals surface area contributed by atoms with Crippen molar-refractivity contribution >= 4 is 21.7 Å². The lowest BCUT2D eigenvalue weighted by Gasteiger charge is -1.99. The summed E-state index contributed by atoms with van der Waals surface area (Å²) in [6.45, 7) is 0. The summed E-state index contributed by atoms with van der Waals surface area (Å²) in [4.78, 5) is 11.8. The molecule has 1 aromatic heterocycles. The topological polar surface area (TPSA) is 30.2 Å². The molecule has 0 atom stereocenters. The zero-order valence-corrected chi connectivity index (χ0v) is 9.42. The van der Waals surface area contributed by atoms with E-state index in [1.54, 1.807) is 0 Å². The Morgan fingerprint density at radius 3 is 2.31 bits per heavy atom. The van der Waals surface area contributed by atoms with Crippen LogP contribution in [0.3, 0.4) is 0 Å². The molecule has 0 aliphatic rings. The van der Waals surface area contributed by atoms with Crippen LogP contribution in [-0.4, -0.2) is 5.78 Å². The molecule has 0 aliphatic carbocycles. The molecule has 0 unspecified atom stereocenters. The average molecular weight is 287 g/mol. The van der Waals surface area contributed by atoms with Gasteiger partial charge in [0.05, 0.1) is 11.8 Å². The van der Waals surface area contributed by atoms with Gasteiger partial charge in [0, 0.05) is 11.6 Å². The first-order chi connectivity index (χ1) is 7.58. The van der Waals surface area contributed by atoms with E-state index in [0.717, 1.165) is 12.1 Å². The third-order valence-corrected chi connectivity index (χ3v) is 2.60. The van der Waals surface area contributed by atoms with Crippen LogP contribution in [0.25, 0.3) is 0 Å². The number of carbonyl (C=O) groups is 1. The molecule has 2 nitrogen and oxygen atoms in total. The van der Waals surface area contributed by atoms with Gasteiger partial charge < -0.3 is 4.42 Å². The van der Waals surface area contributed by atoms with Crippen molar-refractivity contribution in [2.45, 2.75) is 0 Å². The van der Waals surface area contributed by atoms with Gasteiger partial charge in [-0.2, -0.15) is 0 Å². The second-order valence-corrected chi connectivity index (χ2v) is 3.82. The standard InChI is InChI=1S/C11H5BrF2O2/c12-11-9(1-2-16-11)10(15)6-3-7(13)5-8(14)4-6/h1-5H. The van der Waals surface area contributed by atoms with Crippen LogP contribution in [0.4, 0.5) is 8.78 Å². The fourth-order valence-electron chi connectivity index (χ4n) is 1.30. The van der Waals surface area contributed by atoms with E-state index >= 15 is 0 Å². The van der Waals surface area contributed by atoms with Gasteiger partial charge in [-0.1, -0.05) is 0 Å². The monoisotopic (exact) mass is 286 g/mol. The normalized spacial score (nSPS) is 10.4. The van der Waals surface area contributed by atoms with Gasteiger partial charge in [0.2, 0.25) is 0 Å². The summed E-state index contributed by atoms with van der Waals surface area (Å²) in [5.74, 6) is -2.08. The molecule has 0 radical (unpaired) electrons. The predicted octanol–water partition coefficient (Wildman–Crippen LogP) is 3.55. The van der Waals surface area contributed by atoms with Gasteiger partial charge in [0.25, 0.3) is 0 Å². The Bertz CT molecular complexity index is 528. The number of hydrogen-bond acceptors (Lipinski definition) is 2. The van der Waals surface area contributed by atoms with Gasteiger partial charge in [0.15, 0.2) is 10.5 Å². The number of hydrogen-bond donors (Lipinski definition) is 0. The molecule has 16 heavy (non-hydrogen) atoms. The number of halogens is 3. The Kier molecular flexibility index (Phi) is 2.87. The molecule has 2 rings (SSSR count). The fourth-order valence-corrected chi connectivity index (χ4v) is 1.72. The summed E-state index contributed by atoms with van der Waals surface area (Å²) in [6.07, 6.45) is 1.31. The SMILES string of the molecule is O=C(c1cc(F)cc(F)c1)c1ccoc1Br. The molecule has 0 spiro atoms. The van der Waals surface area contributed by atoms with Gasteiger partial charge in [-0.15, -0.1) is 0 Å². The van der Waals surface area contributed by atoms with Crippen LogP contribution in [-0.2, 0) is 0 Å². The molecule has 0 saturated carbocycles. The minimum Gasteiger partial charge on any atom is -0.457 e. The lowest BCUT2D eigenvalue weighted by atomic mass is 10.1. The maximum Gasteiger partial charge on any atom is 0.197 e. The van der Waals surface area contributed by atoms with E-state index < -0.39 is 17.4 Å². The van der Waals surface area contributed by atoms with Crippen LogP contribution in [0.1, 0.15) is 15.9 Å².